The minimum atomic E-state index is -0.101. The van der Waals surface area contributed by atoms with E-state index in [-0.39, 0.29) is 11.8 Å². The number of amides is 2. The predicted molar refractivity (Wildman–Crippen MR) is 152 cm³/mol. The summed E-state index contributed by atoms with van der Waals surface area (Å²) >= 11 is 1.75. The van der Waals surface area contributed by atoms with E-state index in [0.717, 1.165) is 28.9 Å². The van der Waals surface area contributed by atoms with Crippen molar-refractivity contribution in [2.24, 2.45) is 0 Å². The molecule has 0 spiro atoms. The number of rotatable bonds is 6. The molecule has 1 saturated carbocycles. The lowest BCUT2D eigenvalue weighted by atomic mass is 9.92. The molecule has 4 nitrogen and oxygen atoms in total. The number of hydrogen-bond acceptors (Lipinski definition) is 3. The third kappa shape index (κ3) is 5.99. The van der Waals surface area contributed by atoms with Crippen molar-refractivity contribution in [3.05, 3.63) is 111 Å². The van der Waals surface area contributed by atoms with Crippen LogP contribution in [0.15, 0.2) is 77.7 Å². The number of aryl methyl sites for hydroxylation is 2. The van der Waals surface area contributed by atoms with Crippen molar-refractivity contribution < 1.29 is 9.59 Å². The van der Waals surface area contributed by atoms with Crippen LogP contribution in [0.5, 0.6) is 0 Å². The number of benzene rings is 3. The Kier molecular flexibility index (Phi) is 7.80. The average molecular weight is 511 g/mol. The van der Waals surface area contributed by atoms with Crippen LogP contribution < -0.4 is 5.32 Å². The van der Waals surface area contributed by atoms with Gasteiger partial charge in [-0.1, -0.05) is 79.1 Å². The lowest BCUT2D eigenvalue weighted by molar-refractivity contribution is -0.130. The van der Waals surface area contributed by atoms with Crippen LogP contribution in [0.4, 0.5) is 0 Å². The Labute approximate surface area is 224 Å². The molecule has 3 aromatic carbocycles. The number of carbonyl (C=O) groups is 2. The first-order valence-electron chi connectivity index (χ1n) is 13.2. The highest BCUT2D eigenvalue weighted by Gasteiger charge is 2.40. The maximum Gasteiger partial charge on any atom is 0.260 e. The van der Waals surface area contributed by atoms with Crippen molar-refractivity contribution in [2.45, 2.75) is 63.9 Å². The zero-order valence-corrected chi connectivity index (χ0v) is 22.4. The molecule has 0 aromatic heterocycles. The lowest BCUT2D eigenvalue weighted by Crippen LogP contribution is -2.50. The zero-order chi connectivity index (χ0) is 25.8. The van der Waals surface area contributed by atoms with Gasteiger partial charge in [0.05, 0.1) is 4.91 Å². The summed E-state index contributed by atoms with van der Waals surface area (Å²) in [4.78, 5) is 29.3. The fourth-order valence-electron chi connectivity index (χ4n) is 5.28. The zero-order valence-electron chi connectivity index (χ0n) is 21.6. The Bertz CT molecular complexity index is 1300. The van der Waals surface area contributed by atoms with E-state index in [9.17, 15) is 9.59 Å². The molecule has 1 N–H and O–H groups in total. The molecule has 2 unspecified atom stereocenters. The maximum atomic E-state index is 13.8. The molecule has 190 valence electrons. The van der Waals surface area contributed by atoms with Gasteiger partial charge in [0.25, 0.3) is 11.8 Å². The summed E-state index contributed by atoms with van der Waals surface area (Å²) in [5.74, 6) is 0.0228. The van der Waals surface area contributed by atoms with Crippen LogP contribution in [0.25, 0.3) is 6.08 Å². The third-order valence-electron chi connectivity index (χ3n) is 7.43. The van der Waals surface area contributed by atoms with Gasteiger partial charge in [-0.25, -0.2) is 0 Å². The van der Waals surface area contributed by atoms with Crippen LogP contribution in [0.3, 0.4) is 0 Å². The van der Waals surface area contributed by atoms with E-state index in [2.05, 4.69) is 42.3 Å². The second-order valence-corrected chi connectivity index (χ2v) is 11.5. The first kappa shape index (κ1) is 25.3. The molecule has 2 fully saturated rings. The van der Waals surface area contributed by atoms with E-state index in [1.54, 1.807) is 11.8 Å². The number of nitrogens with one attached hydrogen (secondary N) is 1. The van der Waals surface area contributed by atoms with Crippen molar-refractivity contribution in [1.82, 2.24) is 10.2 Å². The highest BCUT2D eigenvalue weighted by molar-refractivity contribution is 8.04. The summed E-state index contributed by atoms with van der Waals surface area (Å²) in [6.07, 6.45) is 6.63. The summed E-state index contributed by atoms with van der Waals surface area (Å²) in [6.45, 7) is 5.39. The quantitative estimate of drug-likeness (QED) is 0.377. The third-order valence-corrected chi connectivity index (χ3v) is 8.83. The summed E-state index contributed by atoms with van der Waals surface area (Å²) < 4.78 is 0. The number of thioether (sulfide) groups is 1. The van der Waals surface area contributed by atoms with Crippen LogP contribution in [0.2, 0.25) is 0 Å². The minimum Gasteiger partial charge on any atom is -0.348 e. The van der Waals surface area contributed by atoms with Gasteiger partial charge in [0.1, 0.15) is 0 Å². The molecule has 1 aliphatic carbocycles. The SMILES string of the molecule is Cc1ccc(C)c(CN2C(=O)/C(=C/c3ccc(C(=O)NCc4ccccc4)cc3)SC3CCCCC32)c1. The van der Waals surface area contributed by atoms with E-state index in [1.807, 2.05) is 60.7 Å². The monoisotopic (exact) mass is 510 g/mol. The Morgan fingerprint density at radius 1 is 1.00 bits per heavy atom. The van der Waals surface area contributed by atoms with Gasteiger partial charge >= 0.3 is 0 Å². The first-order chi connectivity index (χ1) is 18.0. The lowest BCUT2D eigenvalue weighted by Gasteiger charge is -2.44. The minimum absolute atomic E-state index is 0.101. The number of fused-ring (bicyclic) bond motifs is 1. The van der Waals surface area contributed by atoms with Crippen LogP contribution >= 0.6 is 11.8 Å². The van der Waals surface area contributed by atoms with E-state index < -0.39 is 0 Å². The van der Waals surface area contributed by atoms with Gasteiger partial charge < -0.3 is 10.2 Å². The van der Waals surface area contributed by atoms with Crippen molar-refractivity contribution >= 4 is 29.7 Å². The van der Waals surface area contributed by atoms with E-state index in [0.29, 0.717) is 29.9 Å². The van der Waals surface area contributed by atoms with Gasteiger partial charge in [0.2, 0.25) is 0 Å². The fourth-order valence-corrected chi connectivity index (χ4v) is 6.75. The molecule has 1 aliphatic heterocycles. The van der Waals surface area contributed by atoms with Gasteiger partial charge in [-0.05, 0) is 67.2 Å². The number of nitrogens with zero attached hydrogens (tertiary/aromatic N) is 1. The highest BCUT2D eigenvalue weighted by atomic mass is 32.2. The molecular formula is C32H34N2O2S. The van der Waals surface area contributed by atoms with Crippen LogP contribution in [0, 0.1) is 13.8 Å². The van der Waals surface area contributed by atoms with Crippen molar-refractivity contribution in [1.29, 1.82) is 0 Å². The first-order valence-corrected chi connectivity index (χ1v) is 14.0. The molecule has 1 heterocycles. The molecule has 2 amide bonds. The Hall–Kier alpha value is -3.31. The Balaban J connectivity index is 1.32. The Morgan fingerprint density at radius 2 is 1.76 bits per heavy atom. The Morgan fingerprint density at radius 3 is 2.54 bits per heavy atom. The molecule has 2 atom stereocenters. The predicted octanol–water partition coefficient (Wildman–Crippen LogP) is 6.66. The second kappa shape index (κ2) is 11.4. The maximum absolute atomic E-state index is 13.8. The van der Waals surface area contributed by atoms with Crippen molar-refractivity contribution in [3.8, 4) is 0 Å². The molecular weight excluding hydrogens is 476 g/mol. The summed E-state index contributed by atoms with van der Waals surface area (Å²) in [5, 5.41) is 3.41. The topological polar surface area (TPSA) is 49.4 Å². The van der Waals surface area contributed by atoms with Gasteiger partial charge in [-0.3, -0.25) is 9.59 Å². The molecule has 5 heteroatoms. The van der Waals surface area contributed by atoms with Gasteiger partial charge in [-0.15, -0.1) is 11.8 Å². The molecule has 5 rings (SSSR count). The molecule has 37 heavy (non-hydrogen) atoms. The summed E-state index contributed by atoms with van der Waals surface area (Å²) in [7, 11) is 0. The van der Waals surface area contributed by atoms with Crippen molar-refractivity contribution in [3.63, 3.8) is 0 Å². The van der Waals surface area contributed by atoms with E-state index in [4.69, 9.17) is 0 Å². The fraction of sp³-hybridized carbons (Fsp3) is 0.312. The van der Waals surface area contributed by atoms with Gasteiger partial charge in [0.15, 0.2) is 0 Å². The van der Waals surface area contributed by atoms with Gasteiger partial charge in [-0.2, -0.15) is 0 Å². The van der Waals surface area contributed by atoms with Crippen LogP contribution in [-0.4, -0.2) is 28.0 Å². The second-order valence-electron chi connectivity index (χ2n) is 10.2. The molecule has 3 aromatic rings. The highest BCUT2D eigenvalue weighted by Crippen LogP contribution is 2.43. The molecule has 2 aliphatic rings. The van der Waals surface area contributed by atoms with E-state index in [1.165, 1.54) is 29.5 Å². The summed E-state index contributed by atoms with van der Waals surface area (Å²) in [5.41, 5.74) is 6.31. The summed E-state index contributed by atoms with van der Waals surface area (Å²) in [6, 6.07) is 24.2. The molecule has 0 bridgehead atoms. The normalized spacial score (nSPS) is 20.5. The van der Waals surface area contributed by atoms with Crippen LogP contribution in [0.1, 0.15) is 63.9 Å². The van der Waals surface area contributed by atoms with Crippen molar-refractivity contribution in [2.75, 3.05) is 0 Å². The standard InChI is InChI=1S/C32H34N2O2S/c1-22-12-13-23(2)27(18-22)21-34-28-10-6-7-11-29(28)37-30(32(34)36)19-24-14-16-26(17-15-24)31(35)33-20-25-8-4-3-5-9-25/h3-5,8-9,12-19,28-29H,6-7,10-11,20-21H2,1-2H3,(H,33,35)/b30-19-. The van der Waals surface area contributed by atoms with E-state index >= 15 is 0 Å². The smallest absolute Gasteiger partial charge is 0.260 e. The van der Waals surface area contributed by atoms with Crippen LogP contribution in [-0.2, 0) is 17.9 Å². The molecule has 1 saturated heterocycles. The number of hydrogen-bond donors (Lipinski definition) is 1. The largest absolute Gasteiger partial charge is 0.348 e. The average Bonchev–Trinajstić information content (AvgIpc) is 2.92. The molecule has 0 radical (unpaired) electrons. The number of carbonyl (C=O) groups excluding carboxylic acids is 2. The van der Waals surface area contributed by atoms with Gasteiger partial charge in [0, 0.05) is 29.9 Å².